The number of carbonyl (C=O) groups excluding carboxylic acids is 1. The second kappa shape index (κ2) is 9.17. The molecular formula is C25H27N5O3. The average molecular weight is 446 g/mol. The van der Waals surface area contributed by atoms with E-state index in [0.29, 0.717) is 18.9 Å². The highest BCUT2D eigenvalue weighted by molar-refractivity contribution is 5.82. The molecule has 0 radical (unpaired) electrons. The van der Waals surface area contributed by atoms with Gasteiger partial charge in [-0.2, -0.15) is 0 Å². The zero-order valence-corrected chi connectivity index (χ0v) is 18.3. The number of rotatable bonds is 5. The van der Waals surface area contributed by atoms with Crippen LogP contribution in [-0.2, 0) is 17.9 Å². The lowest BCUT2D eigenvalue weighted by Crippen LogP contribution is -2.47. The lowest BCUT2D eigenvalue weighted by molar-refractivity contribution is -0.147. The number of aliphatic hydroxyl groups excluding tert-OH is 2. The predicted octanol–water partition coefficient (Wildman–Crippen LogP) is 1.74. The zero-order valence-electron chi connectivity index (χ0n) is 18.3. The number of aliphatic hydroxyl groups is 2. The molecule has 1 saturated heterocycles. The number of hydrogen-bond acceptors (Lipinski definition) is 7. The van der Waals surface area contributed by atoms with E-state index in [9.17, 15) is 15.0 Å². The Morgan fingerprint density at radius 3 is 2.09 bits per heavy atom. The van der Waals surface area contributed by atoms with Gasteiger partial charge in [-0.15, -0.1) is 0 Å². The highest BCUT2D eigenvalue weighted by Crippen LogP contribution is 2.26. The quantitative estimate of drug-likeness (QED) is 0.618. The number of benzene rings is 2. The SMILES string of the molecule is O=C(C(O)C(O)c1cncc(N2CCN(c3ccccc3)CC2)n1)N1Cc2ccccc2C1. The Kier molecular flexibility index (Phi) is 5.93. The van der Waals surface area contributed by atoms with E-state index in [4.69, 9.17) is 0 Å². The fourth-order valence-electron chi connectivity index (χ4n) is 4.47. The van der Waals surface area contributed by atoms with Gasteiger partial charge in [-0.25, -0.2) is 4.98 Å². The van der Waals surface area contributed by atoms with E-state index in [1.807, 2.05) is 42.5 Å². The van der Waals surface area contributed by atoms with Crippen LogP contribution in [0.2, 0.25) is 0 Å². The molecule has 1 aromatic heterocycles. The van der Waals surface area contributed by atoms with Crippen molar-refractivity contribution in [1.29, 1.82) is 0 Å². The first-order chi connectivity index (χ1) is 16.1. The van der Waals surface area contributed by atoms with E-state index < -0.39 is 18.1 Å². The van der Waals surface area contributed by atoms with E-state index in [0.717, 1.165) is 37.3 Å². The molecule has 0 spiro atoms. The summed E-state index contributed by atoms with van der Waals surface area (Å²) in [5.74, 6) is 0.120. The molecule has 2 aliphatic heterocycles. The van der Waals surface area contributed by atoms with Crippen LogP contribution in [-0.4, -0.2) is 63.3 Å². The number of hydrogen-bond donors (Lipinski definition) is 2. The first kappa shape index (κ1) is 21.4. The van der Waals surface area contributed by atoms with Gasteiger partial charge >= 0.3 is 0 Å². The second-order valence-corrected chi connectivity index (χ2v) is 8.46. The highest BCUT2D eigenvalue weighted by atomic mass is 16.3. The maximum absolute atomic E-state index is 12.8. The summed E-state index contributed by atoms with van der Waals surface area (Å²) in [6.45, 7) is 4.06. The standard InChI is InChI=1S/C25H27N5O3/c31-23(24(32)25(33)30-16-18-6-4-5-7-19(18)17-30)21-14-26-15-22(27-21)29-12-10-28(11-13-29)20-8-2-1-3-9-20/h1-9,14-15,23-24,31-32H,10-13,16-17H2. The van der Waals surface area contributed by atoms with Crippen LogP contribution < -0.4 is 9.80 Å². The van der Waals surface area contributed by atoms with Gasteiger partial charge in [0.25, 0.3) is 5.91 Å². The van der Waals surface area contributed by atoms with Crippen molar-refractivity contribution in [1.82, 2.24) is 14.9 Å². The topological polar surface area (TPSA) is 93.0 Å². The monoisotopic (exact) mass is 445 g/mol. The third-order valence-corrected chi connectivity index (χ3v) is 6.37. The molecule has 0 bridgehead atoms. The molecule has 3 heterocycles. The fourth-order valence-corrected chi connectivity index (χ4v) is 4.47. The molecule has 170 valence electrons. The molecule has 0 saturated carbocycles. The van der Waals surface area contributed by atoms with Crippen LogP contribution in [0.5, 0.6) is 0 Å². The lowest BCUT2D eigenvalue weighted by atomic mass is 10.1. The van der Waals surface area contributed by atoms with Gasteiger partial charge in [0, 0.05) is 45.0 Å². The number of carbonyl (C=O) groups is 1. The molecule has 2 atom stereocenters. The van der Waals surface area contributed by atoms with Crippen LogP contribution in [0.15, 0.2) is 67.0 Å². The minimum Gasteiger partial charge on any atom is -0.383 e. The average Bonchev–Trinajstić information content (AvgIpc) is 3.32. The number of fused-ring (bicyclic) bond motifs is 1. The van der Waals surface area contributed by atoms with Gasteiger partial charge in [0.1, 0.15) is 11.9 Å². The predicted molar refractivity (Wildman–Crippen MR) is 125 cm³/mol. The third kappa shape index (κ3) is 4.40. The minimum absolute atomic E-state index is 0.190. The van der Waals surface area contributed by atoms with Gasteiger partial charge in [-0.3, -0.25) is 9.78 Å². The number of anilines is 2. The Morgan fingerprint density at radius 1 is 0.818 bits per heavy atom. The summed E-state index contributed by atoms with van der Waals surface area (Å²) in [7, 11) is 0. The Hall–Kier alpha value is -3.49. The number of piperazine rings is 1. The summed E-state index contributed by atoms with van der Waals surface area (Å²) >= 11 is 0. The summed E-state index contributed by atoms with van der Waals surface area (Å²) in [5.41, 5.74) is 3.50. The van der Waals surface area contributed by atoms with Crippen LogP contribution in [0.3, 0.4) is 0 Å². The van der Waals surface area contributed by atoms with Crippen LogP contribution in [0.1, 0.15) is 22.9 Å². The summed E-state index contributed by atoms with van der Waals surface area (Å²) in [4.78, 5) is 27.6. The van der Waals surface area contributed by atoms with Gasteiger partial charge in [0.05, 0.1) is 18.1 Å². The Morgan fingerprint density at radius 2 is 1.42 bits per heavy atom. The molecule has 2 aliphatic rings. The number of amides is 1. The molecule has 8 heteroatoms. The Bertz CT molecular complexity index is 1090. The summed E-state index contributed by atoms with van der Waals surface area (Å²) in [6, 6.07) is 18.1. The van der Waals surface area contributed by atoms with E-state index in [1.54, 1.807) is 11.1 Å². The Labute approximate surface area is 192 Å². The minimum atomic E-state index is -1.60. The van der Waals surface area contributed by atoms with Crippen molar-refractivity contribution in [2.75, 3.05) is 36.0 Å². The van der Waals surface area contributed by atoms with Crippen molar-refractivity contribution in [2.45, 2.75) is 25.3 Å². The number of para-hydroxylation sites is 1. The van der Waals surface area contributed by atoms with Crippen LogP contribution >= 0.6 is 0 Å². The highest BCUT2D eigenvalue weighted by Gasteiger charge is 2.34. The first-order valence-electron chi connectivity index (χ1n) is 11.2. The first-order valence-corrected chi connectivity index (χ1v) is 11.2. The number of aromatic nitrogens is 2. The largest absolute Gasteiger partial charge is 0.383 e. The zero-order chi connectivity index (χ0) is 22.8. The molecule has 8 nitrogen and oxygen atoms in total. The van der Waals surface area contributed by atoms with Gasteiger partial charge < -0.3 is 24.9 Å². The van der Waals surface area contributed by atoms with E-state index in [-0.39, 0.29) is 5.69 Å². The van der Waals surface area contributed by atoms with Crippen molar-refractivity contribution < 1.29 is 15.0 Å². The summed E-state index contributed by atoms with van der Waals surface area (Å²) < 4.78 is 0. The summed E-state index contributed by atoms with van der Waals surface area (Å²) in [5, 5.41) is 21.3. The summed E-state index contributed by atoms with van der Waals surface area (Å²) in [6.07, 6.45) is 0.0154. The van der Waals surface area contributed by atoms with Crippen molar-refractivity contribution >= 4 is 17.4 Å². The molecule has 3 aromatic rings. The van der Waals surface area contributed by atoms with Crippen molar-refractivity contribution in [3.63, 3.8) is 0 Å². The van der Waals surface area contributed by atoms with Gasteiger partial charge in [0.15, 0.2) is 6.10 Å². The molecule has 2 N–H and O–H groups in total. The number of nitrogens with zero attached hydrogens (tertiary/aromatic N) is 5. The Balaban J connectivity index is 1.23. The second-order valence-electron chi connectivity index (χ2n) is 8.46. The van der Waals surface area contributed by atoms with Crippen LogP contribution in [0, 0.1) is 0 Å². The smallest absolute Gasteiger partial charge is 0.255 e. The molecule has 1 fully saturated rings. The maximum Gasteiger partial charge on any atom is 0.255 e. The van der Waals surface area contributed by atoms with Gasteiger partial charge in [0.2, 0.25) is 0 Å². The molecule has 1 amide bonds. The molecule has 5 rings (SSSR count). The normalized spacial score (nSPS) is 17.6. The van der Waals surface area contributed by atoms with Crippen LogP contribution in [0.25, 0.3) is 0 Å². The van der Waals surface area contributed by atoms with E-state index >= 15 is 0 Å². The van der Waals surface area contributed by atoms with Gasteiger partial charge in [-0.1, -0.05) is 42.5 Å². The third-order valence-electron chi connectivity index (χ3n) is 6.37. The van der Waals surface area contributed by atoms with E-state index in [1.165, 1.54) is 11.9 Å². The maximum atomic E-state index is 12.8. The lowest BCUT2D eigenvalue weighted by Gasteiger charge is -2.36. The van der Waals surface area contributed by atoms with Crippen molar-refractivity contribution in [3.05, 3.63) is 83.8 Å². The molecule has 33 heavy (non-hydrogen) atoms. The van der Waals surface area contributed by atoms with Crippen LogP contribution in [0.4, 0.5) is 11.5 Å². The van der Waals surface area contributed by atoms with Gasteiger partial charge in [-0.05, 0) is 23.3 Å². The molecular weight excluding hydrogens is 418 g/mol. The molecule has 0 aliphatic carbocycles. The molecule has 2 unspecified atom stereocenters. The molecule has 2 aromatic carbocycles. The van der Waals surface area contributed by atoms with Crippen molar-refractivity contribution in [2.24, 2.45) is 0 Å². The van der Waals surface area contributed by atoms with E-state index in [2.05, 4.69) is 31.9 Å². The van der Waals surface area contributed by atoms with Crippen molar-refractivity contribution in [3.8, 4) is 0 Å². The fraction of sp³-hybridized carbons (Fsp3) is 0.320.